The molecule has 0 saturated heterocycles. The summed E-state index contributed by atoms with van der Waals surface area (Å²) in [6.07, 6.45) is 1.81. The van der Waals surface area contributed by atoms with Crippen LogP contribution in [0.5, 0.6) is 0 Å². The van der Waals surface area contributed by atoms with Gasteiger partial charge in [0.25, 0.3) is 0 Å². The van der Waals surface area contributed by atoms with Gasteiger partial charge in [0.15, 0.2) is 5.96 Å². The molecule has 3 N–H and O–H groups in total. The lowest BCUT2D eigenvalue weighted by atomic mass is 9.95. The molecule has 0 spiro atoms. The molecule has 6 nitrogen and oxygen atoms in total. The number of ether oxygens (including phenoxy) is 1. The van der Waals surface area contributed by atoms with Crippen LogP contribution in [0.4, 0.5) is 13.2 Å². The summed E-state index contributed by atoms with van der Waals surface area (Å²) in [5.41, 5.74) is 1.63. The molecular weight excluding hydrogens is 397 g/mol. The lowest BCUT2D eigenvalue weighted by Gasteiger charge is -2.22. The van der Waals surface area contributed by atoms with Crippen LogP contribution in [0.2, 0.25) is 0 Å². The number of benzene rings is 1. The molecule has 1 aromatic rings. The van der Waals surface area contributed by atoms with Crippen molar-refractivity contribution in [3.05, 3.63) is 35.4 Å². The lowest BCUT2D eigenvalue weighted by molar-refractivity contribution is -0.176. The number of nitrogens with one attached hydrogen (secondary N) is 3. The highest BCUT2D eigenvalue weighted by Crippen LogP contribution is 2.17. The first-order chi connectivity index (χ1) is 14.4. The molecule has 0 bridgehead atoms. The summed E-state index contributed by atoms with van der Waals surface area (Å²) in [7, 11) is 1.65. The fourth-order valence-corrected chi connectivity index (χ4v) is 3.29. The highest BCUT2D eigenvalue weighted by molar-refractivity contribution is 5.81. The van der Waals surface area contributed by atoms with E-state index < -0.39 is 12.8 Å². The minimum absolute atomic E-state index is 0.0492. The lowest BCUT2D eigenvalue weighted by Crippen LogP contribution is -2.41. The Morgan fingerprint density at radius 2 is 1.77 bits per heavy atom. The van der Waals surface area contributed by atoms with Crippen molar-refractivity contribution in [1.82, 2.24) is 16.0 Å². The quantitative estimate of drug-likeness (QED) is 0.417. The molecule has 0 atom stereocenters. The minimum Gasteiger partial charge on any atom is -0.367 e. The third-order valence-electron chi connectivity index (χ3n) is 4.86. The van der Waals surface area contributed by atoms with Crippen molar-refractivity contribution in [3.8, 4) is 0 Å². The molecular formula is C21H31F3N4O2. The van der Waals surface area contributed by atoms with Crippen molar-refractivity contribution >= 4 is 11.9 Å². The van der Waals surface area contributed by atoms with Crippen LogP contribution in [0.25, 0.3) is 0 Å². The minimum atomic E-state index is -4.32. The molecule has 1 aliphatic rings. The van der Waals surface area contributed by atoms with Crippen molar-refractivity contribution in [1.29, 1.82) is 0 Å². The Hall–Kier alpha value is -2.29. The largest absolute Gasteiger partial charge is 0.411 e. The van der Waals surface area contributed by atoms with E-state index in [0.29, 0.717) is 37.1 Å². The molecule has 1 aliphatic carbocycles. The molecule has 1 amide bonds. The fourth-order valence-electron chi connectivity index (χ4n) is 3.29. The summed E-state index contributed by atoms with van der Waals surface area (Å²) >= 11 is 0. The molecule has 30 heavy (non-hydrogen) atoms. The number of rotatable bonds is 9. The Morgan fingerprint density at radius 3 is 2.40 bits per heavy atom. The second-order valence-corrected chi connectivity index (χ2v) is 7.43. The van der Waals surface area contributed by atoms with E-state index in [2.05, 4.69) is 25.7 Å². The van der Waals surface area contributed by atoms with Crippen molar-refractivity contribution in [2.75, 3.05) is 20.2 Å². The number of guanidine groups is 1. The van der Waals surface area contributed by atoms with Gasteiger partial charge in [-0.05, 0) is 24.0 Å². The maximum absolute atomic E-state index is 12.1. The first kappa shape index (κ1) is 24.0. The fraction of sp³-hybridized carbons (Fsp3) is 0.619. The Balaban J connectivity index is 1.64. The van der Waals surface area contributed by atoms with Gasteiger partial charge in [0.2, 0.25) is 5.91 Å². The van der Waals surface area contributed by atoms with Gasteiger partial charge in [0.1, 0.15) is 6.61 Å². The predicted molar refractivity (Wildman–Crippen MR) is 110 cm³/mol. The molecule has 0 radical (unpaired) electrons. The van der Waals surface area contributed by atoms with Gasteiger partial charge in [-0.2, -0.15) is 13.2 Å². The molecule has 1 saturated carbocycles. The summed E-state index contributed by atoms with van der Waals surface area (Å²) in [5.74, 6) is 0.631. The van der Waals surface area contributed by atoms with E-state index in [9.17, 15) is 18.0 Å². The van der Waals surface area contributed by atoms with E-state index >= 15 is 0 Å². The van der Waals surface area contributed by atoms with Crippen molar-refractivity contribution in [3.63, 3.8) is 0 Å². The van der Waals surface area contributed by atoms with Gasteiger partial charge < -0.3 is 20.7 Å². The van der Waals surface area contributed by atoms with E-state index in [0.717, 1.165) is 18.4 Å². The molecule has 168 valence electrons. The Labute approximate surface area is 175 Å². The van der Waals surface area contributed by atoms with Gasteiger partial charge in [-0.1, -0.05) is 43.5 Å². The zero-order valence-electron chi connectivity index (χ0n) is 17.4. The summed E-state index contributed by atoms with van der Waals surface area (Å²) < 4.78 is 40.9. The molecule has 9 heteroatoms. The average Bonchev–Trinajstić information content (AvgIpc) is 2.71. The monoisotopic (exact) mass is 428 g/mol. The first-order valence-corrected chi connectivity index (χ1v) is 10.3. The van der Waals surface area contributed by atoms with Crippen LogP contribution < -0.4 is 16.0 Å². The number of carbonyl (C=O) groups is 1. The third-order valence-corrected chi connectivity index (χ3v) is 4.86. The zero-order valence-corrected chi connectivity index (χ0v) is 17.4. The van der Waals surface area contributed by atoms with Gasteiger partial charge in [-0.25, -0.2) is 0 Å². The second kappa shape index (κ2) is 12.4. The van der Waals surface area contributed by atoms with Crippen molar-refractivity contribution < 1.29 is 22.7 Å². The van der Waals surface area contributed by atoms with Crippen LogP contribution in [0.15, 0.2) is 29.3 Å². The van der Waals surface area contributed by atoms with Crippen LogP contribution in [-0.4, -0.2) is 44.3 Å². The van der Waals surface area contributed by atoms with Crippen LogP contribution >= 0.6 is 0 Å². The number of nitrogens with zero attached hydrogens (tertiary/aromatic N) is 1. The number of hydrogen-bond donors (Lipinski definition) is 3. The van der Waals surface area contributed by atoms with Gasteiger partial charge in [0.05, 0.1) is 6.61 Å². The number of halogens is 3. The average molecular weight is 428 g/mol. The highest BCUT2D eigenvalue weighted by atomic mass is 19.4. The number of amides is 1. The van der Waals surface area contributed by atoms with Gasteiger partial charge >= 0.3 is 6.18 Å². The summed E-state index contributed by atoms with van der Waals surface area (Å²) in [5, 5.41) is 9.35. The Kier molecular flexibility index (Phi) is 9.93. The van der Waals surface area contributed by atoms with Gasteiger partial charge in [-0.3, -0.25) is 9.79 Å². The maximum Gasteiger partial charge on any atom is 0.411 e. The predicted octanol–water partition coefficient (Wildman–Crippen LogP) is 3.27. The molecule has 1 aromatic carbocycles. The van der Waals surface area contributed by atoms with E-state index in [1.807, 2.05) is 12.1 Å². The third kappa shape index (κ3) is 9.96. The number of alkyl halides is 3. The van der Waals surface area contributed by atoms with E-state index in [1.54, 1.807) is 19.2 Å². The maximum atomic E-state index is 12.1. The summed E-state index contributed by atoms with van der Waals surface area (Å²) in [6, 6.07) is 7.43. The number of hydrogen-bond acceptors (Lipinski definition) is 3. The standard InChI is InChI=1S/C21H31F3N4O2/c1-25-20(26-12-11-19(29)28-18-5-3-2-4-6-18)27-13-16-7-9-17(10-8-16)14-30-15-21(22,23)24/h7-10,18H,2-6,11-15H2,1H3,(H,28,29)(H2,25,26,27). The van der Waals surface area contributed by atoms with E-state index in [-0.39, 0.29) is 12.5 Å². The zero-order chi connectivity index (χ0) is 21.8. The highest BCUT2D eigenvalue weighted by Gasteiger charge is 2.27. The van der Waals surface area contributed by atoms with Crippen LogP contribution in [0.3, 0.4) is 0 Å². The number of aliphatic imine (C=N–C) groups is 1. The molecule has 0 unspecified atom stereocenters. The first-order valence-electron chi connectivity index (χ1n) is 10.3. The van der Waals surface area contributed by atoms with E-state index in [4.69, 9.17) is 0 Å². The molecule has 1 fully saturated rings. The molecule has 0 aromatic heterocycles. The summed E-state index contributed by atoms with van der Waals surface area (Å²) in [4.78, 5) is 16.2. The summed E-state index contributed by atoms with van der Waals surface area (Å²) in [6.45, 7) is -0.359. The van der Waals surface area contributed by atoms with Gasteiger partial charge in [-0.15, -0.1) is 0 Å². The van der Waals surface area contributed by atoms with E-state index in [1.165, 1.54) is 19.3 Å². The molecule has 2 rings (SSSR count). The van der Waals surface area contributed by atoms with Crippen LogP contribution in [-0.2, 0) is 22.7 Å². The Bertz CT molecular complexity index is 672. The van der Waals surface area contributed by atoms with Crippen molar-refractivity contribution in [2.24, 2.45) is 4.99 Å². The van der Waals surface area contributed by atoms with Gasteiger partial charge in [0, 0.05) is 32.6 Å². The second-order valence-electron chi connectivity index (χ2n) is 7.43. The SMILES string of the molecule is CN=C(NCCC(=O)NC1CCCCC1)NCc1ccc(COCC(F)(F)F)cc1. The Morgan fingerprint density at radius 1 is 1.10 bits per heavy atom. The van der Waals surface area contributed by atoms with Crippen molar-refractivity contribution in [2.45, 2.75) is 63.9 Å². The normalized spacial score (nSPS) is 15.7. The topological polar surface area (TPSA) is 74.8 Å². The number of carbonyl (C=O) groups excluding carboxylic acids is 1. The van der Waals surface area contributed by atoms with Crippen LogP contribution in [0, 0.1) is 0 Å². The molecule has 0 aliphatic heterocycles. The smallest absolute Gasteiger partial charge is 0.367 e. The van der Waals surface area contributed by atoms with Crippen LogP contribution in [0.1, 0.15) is 49.7 Å². The molecule has 0 heterocycles.